The average Bonchev–Trinajstić information content (AvgIpc) is 3.49. The second-order valence-electron chi connectivity index (χ2n) is 20.8. The molecule has 0 bridgehead atoms. The van der Waals surface area contributed by atoms with Gasteiger partial charge in [-0.05, 0) is 176 Å². The van der Waals surface area contributed by atoms with Crippen LogP contribution in [0.3, 0.4) is 0 Å². The van der Waals surface area contributed by atoms with Crippen molar-refractivity contribution in [3.63, 3.8) is 0 Å². The van der Waals surface area contributed by atoms with Crippen LogP contribution in [-0.2, 0) is 32.0 Å². The predicted molar refractivity (Wildman–Crippen MR) is 227 cm³/mol. The molecule has 306 valence electrons. The molecule has 4 saturated carbocycles. The zero-order valence-corrected chi connectivity index (χ0v) is 36.0. The Morgan fingerprint density at radius 2 is 1.60 bits per heavy atom. The molecule has 1 amide bonds. The maximum atomic E-state index is 14.1. The Morgan fingerprint density at radius 3 is 2.29 bits per heavy atom. The second-order valence-corrected chi connectivity index (χ2v) is 23.6. The van der Waals surface area contributed by atoms with Crippen LogP contribution >= 0.6 is 0 Å². The Hall–Kier alpha value is -2.16. The first-order chi connectivity index (χ1) is 25.9. The zero-order chi connectivity index (χ0) is 39.6. The molecule has 1 aromatic rings. The van der Waals surface area contributed by atoms with E-state index in [2.05, 4.69) is 69.1 Å². The van der Waals surface area contributed by atoms with Gasteiger partial charge in [0.25, 0.3) is 0 Å². The summed E-state index contributed by atoms with van der Waals surface area (Å²) in [6.07, 6.45) is 12.8. The van der Waals surface area contributed by atoms with Crippen LogP contribution in [-0.4, -0.2) is 93.2 Å². The highest BCUT2D eigenvalue weighted by molar-refractivity contribution is 8.00. The lowest BCUT2D eigenvalue weighted by atomic mass is 9.33. The van der Waals surface area contributed by atoms with Crippen molar-refractivity contribution in [1.82, 2.24) is 15.1 Å². The number of hydrogen-bond acceptors (Lipinski definition) is 5. The molecule has 6 aliphatic rings. The summed E-state index contributed by atoms with van der Waals surface area (Å²) in [5, 5.41) is 13.3. The third kappa shape index (κ3) is 7.19. The summed E-state index contributed by atoms with van der Waals surface area (Å²) in [5.41, 5.74) is 3.90. The number of carboxylic acid groups (broad SMARTS) is 1. The van der Waals surface area contributed by atoms with Crippen molar-refractivity contribution in [2.75, 3.05) is 50.8 Å². The van der Waals surface area contributed by atoms with Gasteiger partial charge in [-0.2, -0.15) is 0 Å². The van der Waals surface area contributed by atoms with E-state index in [9.17, 15) is 18.9 Å². The quantitative estimate of drug-likeness (QED) is 0.136. The summed E-state index contributed by atoms with van der Waals surface area (Å²) in [7, 11) is -1.84. The van der Waals surface area contributed by atoms with Gasteiger partial charge in [0.1, 0.15) is 0 Å². The van der Waals surface area contributed by atoms with Gasteiger partial charge in [0.05, 0.1) is 12.8 Å². The number of carbonyl (C=O) groups is 2. The van der Waals surface area contributed by atoms with E-state index in [1.54, 1.807) is 0 Å². The third-order valence-corrected chi connectivity index (χ3v) is 19.6. The van der Waals surface area contributed by atoms with Crippen LogP contribution in [0.5, 0.6) is 0 Å². The van der Waals surface area contributed by atoms with E-state index in [1.807, 2.05) is 24.3 Å². The topological polar surface area (TPSA) is 90.0 Å². The standard InChI is InChI=1S/C47H73N3O4S/c1-33(2)36-15-18-47(32-48-22-10-23-49-25-27-55(8,54)28-26-49)20-19-45(6)37(42(36)47)13-14-39-44(5)21-24-50(43(3,4)38(44)16-17-46(39,45)7)40(51)30-34-11-9-12-35(29-34)31-41(52)53/h9,11-12,29,36-39,42,48H,1,8,10,13-28,30-32H2,2-7H3,(H,52,53)/t36-,37+,38-,39+,42+,44-,45+,46+,47+/m0/s1. The molecule has 2 N–H and O–H groups in total. The van der Waals surface area contributed by atoms with E-state index in [0.29, 0.717) is 41.4 Å². The molecule has 0 aromatic heterocycles. The zero-order valence-electron chi connectivity index (χ0n) is 35.2. The molecule has 2 heterocycles. The van der Waals surface area contributed by atoms with Gasteiger partial charge in [0.2, 0.25) is 5.91 Å². The molecule has 2 saturated heterocycles. The lowest BCUT2D eigenvalue weighted by molar-refractivity contribution is -0.240. The van der Waals surface area contributed by atoms with Gasteiger partial charge >= 0.3 is 5.97 Å². The first kappa shape index (κ1) is 41.0. The Bertz CT molecular complexity index is 1740. The highest BCUT2D eigenvalue weighted by atomic mass is 32.2. The summed E-state index contributed by atoms with van der Waals surface area (Å²) in [4.78, 5) is 30.1. The number of fused-ring (bicyclic) bond motifs is 7. The Labute approximate surface area is 333 Å². The van der Waals surface area contributed by atoms with Gasteiger partial charge in [0.15, 0.2) is 0 Å². The van der Waals surface area contributed by atoms with Crippen molar-refractivity contribution in [3.05, 3.63) is 47.5 Å². The van der Waals surface area contributed by atoms with Gasteiger partial charge in [0, 0.05) is 43.2 Å². The van der Waals surface area contributed by atoms with Crippen LogP contribution < -0.4 is 5.32 Å². The monoisotopic (exact) mass is 776 g/mol. The predicted octanol–water partition coefficient (Wildman–Crippen LogP) is 7.72. The molecule has 0 unspecified atom stereocenters. The van der Waals surface area contributed by atoms with Gasteiger partial charge < -0.3 is 20.2 Å². The van der Waals surface area contributed by atoms with Crippen molar-refractivity contribution >= 4 is 27.3 Å². The summed E-state index contributed by atoms with van der Waals surface area (Å²) >= 11 is 0. The fraction of sp³-hybridized carbons (Fsp3) is 0.766. The number of hydrogen-bond donors (Lipinski definition) is 2. The largest absolute Gasteiger partial charge is 0.481 e. The Balaban J connectivity index is 1.05. The minimum Gasteiger partial charge on any atom is -0.481 e. The highest BCUT2D eigenvalue weighted by Crippen LogP contribution is 2.76. The van der Waals surface area contributed by atoms with E-state index in [4.69, 9.17) is 0 Å². The lowest BCUT2D eigenvalue weighted by Gasteiger charge is -2.73. The first-order valence-corrected chi connectivity index (χ1v) is 23.9. The molecule has 55 heavy (non-hydrogen) atoms. The Morgan fingerprint density at radius 1 is 0.891 bits per heavy atom. The van der Waals surface area contributed by atoms with Crippen LogP contribution in [0.25, 0.3) is 0 Å². The number of piperidine rings is 1. The van der Waals surface area contributed by atoms with Gasteiger partial charge in [-0.15, -0.1) is 0 Å². The number of amides is 1. The van der Waals surface area contributed by atoms with Crippen LogP contribution in [0.2, 0.25) is 0 Å². The maximum Gasteiger partial charge on any atom is 0.307 e. The highest BCUT2D eigenvalue weighted by Gasteiger charge is 2.70. The van der Waals surface area contributed by atoms with Crippen molar-refractivity contribution in [1.29, 1.82) is 0 Å². The van der Waals surface area contributed by atoms with Crippen LogP contribution in [0, 0.1) is 51.2 Å². The number of nitrogens with zero attached hydrogens (tertiary/aromatic N) is 2. The van der Waals surface area contributed by atoms with Crippen LogP contribution in [0.15, 0.2) is 36.4 Å². The van der Waals surface area contributed by atoms with Crippen molar-refractivity contribution in [2.45, 2.75) is 124 Å². The van der Waals surface area contributed by atoms with Gasteiger partial charge in [-0.3, -0.25) is 13.8 Å². The molecule has 0 spiro atoms. The molecule has 6 fully saturated rings. The van der Waals surface area contributed by atoms with Gasteiger partial charge in [-0.1, -0.05) is 57.2 Å². The fourth-order valence-electron chi connectivity index (χ4n) is 14.8. The van der Waals surface area contributed by atoms with Crippen molar-refractivity contribution < 1.29 is 18.9 Å². The van der Waals surface area contributed by atoms with Gasteiger partial charge in [-0.25, -0.2) is 0 Å². The first-order valence-electron chi connectivity index (χ1n) is 21.9. The number of likely N-dealkylation sites (tertiary alicyclic amines) is 1. The molecule has 0 radical (unpaired) electrons. The number of carbonyl (C=O) groups excluding carboxylic acids is 1. The van der Waals surface area contributed by atoms with Crippen molar-refractivity contribution in [3.8, 4) is 0 Å². The van der Waals surface area contributed by atoms with E-state index in [-0.39, 0.29) is 34.1 Å². The molecule has 7 nitrogen and oxygen atoms in total. The van der Waals surface area contributed by atoms with Crippen LogP contribution in [0.4, 0.5) is 0 Å². The van der Waals surface area contributed by atoms with E-state index >= 15 is 0 Å². The van der Waals surface area contributed by atoms with E-state index in [1.165, 1.54) is 56.9 Å². The molecule has 9 atom stereocenters. The minimum atomic E-state index is -1.84. The lowest BCUT2D eigenvalue weighted by Crippen LogP contribution is -2.70. The maximum absolute atomic E-state index is 14.1. The third-order valence-electron chi connectivity index (χ3n) is 17.8. The molecule has 4 aliphatic carbocycles. The molecular weight excluding hydrogens is 703 g/mol. The fourth-order valence-corrected chi connectivity index (χ4v) is 16.2. The number of nitrogens with one attached hydrogen (secondary N) is 1. The summed E-state index contributed by atoms with van der Waals surface area (Å²) < 4.78 is 12.3. The summed E-state index contributed by atoms with van der Waals surface area (Å²) in [6, 6.07) is 7.59. The molecule has 1 aromatic carbocycles. The normalized spacial score (nSPS) is 39.3. The SMILES string of the molecule is C=C(C)[C@@H]1CC[C@]2(CNCCCN3CCS(=C)(=O)CC3)CC[C@]3(C)[C@H](CC[C@@H]4[C@@]5(C)CCN(C(=O)Cc6cccc(CC(=O)O)c6)C(C)(C)[C@@H]5CC[C@]43C)[C@@H]12. The number of aliphatic carboxylic acids is 1. The van der Waals surface area contributed by atoms with E-state index in [0.717, 1.165) is 74.7 Å². The number of rotatable bonds is 11. The van der Waals surface area contributed by atoms with E-state index < -0.39 is 15.5 Å². The number of benzene rings is 1. The summed E-state index contributed by atoms with van der Waals surface area (Å²) in [6.45, 7) is 25.6. The molecule has 2 aliphatic heterocycles. The smallest absolute Gasteiger partial charge is 0.307 e. The summed E-state index contributed by atoms with van der Waals surface area (Å²) in [5.74, 6) is 7.88. The Kier molecular flexibility index (Phi) is 11.1. The molecular formula is C47H73N3O4S. The second kappa shape index (κ2) is 14.9. The number of carboxylic acids is 1. The molecule has 7 rings (SSSR count). The van der Waals surface area contributed by atoms with Crippen LogP contribution in [0.1, 0.15) is 117 Å². The van der Waals surface area contributed by atoms with Crippen molar-refractivity contribution in [2.24, 2.45) is 51.2 Å². The molecule has 8 heteroatoms. The number of allylic oxidation sites excluding steroid dienone is 1. The minimum absolute atomic E-state index is 0.0203. The average molecular weight is 776 g/mol.